The Balaban J connectivity index is 1.88. The summed E-state index contributed by atoms with van der Waals surface area (Å²) in [5.74, 6) is 2.56. The molecule has 0 radical (unpaired) electrons. The number of benzene rings is 1. The van der Waals surface area contributed by atoms with E-state index in [-0.39, 0.29) is 0 Å². The van der Waals surface area contributed by atoms with E-state index < -0.39 is 0 Å². The first kappa shape index (κ1) is 8.16. The van der Waals surface area contributed by atoms with E-state index >= 15 is 0 Å². The topological polar surface area (TPSA) is 18.5 Å². The van der Waals surface area contributed by atoms with E-state index in [0.29, 0.717) is 6.10 Å². The third-order valence-electron chi connectivity index (χ3n) is 2.93. The van der Waals surface area contributed by atoms with Crippen LogP contribution in [-0.2, 0) is 0 Å². The van der Waals surface area contributed by atoms with Crippen molar-refractivity contribution in [3.05, 3.63) is 23.8 Å². The molecule has 2 nitrogen and oxygen atoms in total. The van der Waals surface area contributed by atoms with Crippen molar-refractivity contribution in [1.29, 1.82) is 0 Å². The molecule has 2 aliphatic rings. The van der Waals surface area contributed by atoms with Gasteiger partial charge in [-0.15, -0.1) is 0 Å². The molecule has 1 aliphatic carbocycles. The lowest BCUT2D eigenvalue weighted by molar-refractivity contribution is 0.0756. The SMILES string of the molecule is Cc1ccc2c(c1)OC(C1CC1)CO2. The van der Waals surface area contributed by atoms with E-state index in [9.17, 15) is 0 Å². The second kappa shape index (κ2) is 2.91. The van der Waals surface area contributed by atoms with Crippen molar-refractivity contribution in [2.75, 3.05) is 6.61 Å². The van der Waals surface area contributed by atoms with Crippen molar-refractivity contribution < 1.29 is 9.47 Å². The molecule has 1 fully saturated rings. The minimum atomic E-state index is 0.296. The zero-order valence-electron chi connectivity index (χ0n) is 8.32. The summed E-state index contributed by atoms with van der Waals surface area (Å²) in [5, 5.41) is 0. The predicted octanol–water partition coefficient (Wildman–Crippen LogP) is 2.54. The quantitative estimate of drug-likeness (QED) is 0.677. The van der Waals surface area contributed by atoms with Gasteiger partial charge in [0.1, 0.15) is 12.7 Å². The van der Waals surface area contributed by atoms with Crippen LogP contribution in [0.15, 0.2) is 18.2 Å². The fraction of sp³-hybridized carbons (Fsp3) is 0.500. The Morgan fingerprint density at radius 2 is 2.07 bits per heavy atom. The van der Waals surface area contributed by atoms with Crippen LogP contribution >= 0.6 is 0 Å². The summed E-state index contributed by atoms with van der Waals surface area (Å²) in [6, 6.07) is 6.11. The summed E-state index contributed by atoms with van der Waals surface area (Å²) >= 11 is 0. The molecule has 1 unspecified atom stereocenters. The van der Waals surface area contributed by atoms with Gasteiger partial charge < -0.3 is 9.47 Å². The smallest absolute Gasteiger partial charge is 0.162 e. The van der Waals surface area contributed by atoms with Gasteiger partial charge in [0.15, 0.2) is 11.5 Å². The van der Waals surface area contributed by atoms with E-state index in [0.717, 1.165) is 24.0 Å². The lowest BCUT2D eigenvalue weighted by Crippen LogP contribution is -2.30. The summed E-state index contributed by atoms with van der Waals surface area (Å²) in [7, 11) is 0. The molecule has 2 heteroatoms. The number of fused-ring (bicyclic) bond motifs is 1. The van der Waals surface area contributed by atoms with Crippen molar-refractivity contribution in [2.24, 2.45) is 5.92 Å². The standard InChI is InChI=1S/C12H14O2/c1-8-2-5-10-11(6-8)14-12(7-13-10)9-3-4-9/h2,5-6,9,12H,3-4,7H2,1H3. The molecule has 0 N–H and O–H groups in total. The molecule has 1 aromatic carbocycles. The lowest BCUT2D eigenvalue weighted by Gasteiger charge is -2.26. The third-order valence-corrected chi connectivity index (χ3v) is 2.93. The number of hydrogen-bond donors (Lipinski definition) is 0. The molecule has 14 heavy (non-hydrogen) atoms. The van der Waals surface area contributed by atoms with Gasteiger partial charge in [-0.1, -0.05) is 6.07 Å². The van der Waals surface area contributed by atoms with Crippen LogP contribution in [0.1, 0.15) is 18.4 Å². The number of ether oxygens (including phenoxy) is 2. The lowest BCUT2D eigenvalue weighted by atomic mass is 10.2. The van der Waals surface area contributed by atoms with Gasteiger partial charge in [-0.25, -0.2) is 0 Å². The fourth-order valence-corrected chi connectivity index (χ4v) is 1.90. The van der Waals surface area contributed by atoms with Crippen LogP contribution in [0.4, 0.5) is 0 Å². The second-order valence-corrected chi connectivity index (χ2v) is 4.25. The van der Waals surface area contributed by atoms with Crippen LogP contribution in [-0.4, -0.2) is 12.7 Å². The molecule has 74 valence electrons. The first-order chi connectivity index (χ1) is 6.83. The van der Waals surface area contributed by atoms with Gasteiger partial charge in [-0.05, 0) is 43.4 Å². The van der Waals surface area contributed by atoms with Crippen molar-refractivity contribution in [3.63, 3.8) is 0 Å². The van der Waals surface area contributed by atoms with Gasteiger partial charge in [0, 0.05) is 0 Å². The maximum Gasteiger partial charge on any atom is 0.162 e. The van der Waals surface area contributed by atoms with Crippen LogP contribution < -0.4 is 9.47 Å². The van der Waals surface area contributed by atoms with Crippen molar-refractivity contribution in [3.8, 4) is 11.5 Å². The highest BCUT2D eigenvalue weighted by molar-refractivity contribution is 5.43. The van der Waals surface area contributed by atoms with Crippen LogP contribution in [0, 0.1) is 12.8 Å². The van der Waals surface area contributed by atoms with Gasteiger partial charge in [0.05, 0.1) is 0 Å². The minimum Gasteiger partial charge on any atom is -0.486 e. The number of aryl methyl sites for hydroxylation is 1. The Morgan fingerprint density at radius 1 is 1.21 bits per heavy atom. The van der Waals surface area contributed by atoms with E-state index in [1.54, 1.807) is 0 Å². The first-order valence-electron chi connectivity index (χ1n) is 5.23. The van der Waals surface area contributed by atoms with Gasteiger partial charge in [0.25, 0.3) is 0 Å². The van der Waals surface area contributed by atoms with Gasteiger partial charge in [0.2, 0.25) is 0 Å². The summed E-state index contributed by atoms with van der Waals surface area (Å²) in [6.07, 6.45) is 2.90. The fourth-order valence-electron chi connectivity index (χ4n) is 1.90. The zero-order valence-corrected chi connectivity index (χ0v) is 8.32. The summed E-state index contributed by atoms with van der Waals surface area (Å²) in [6.45, 7) is 2.80. The Bertz CT molecular complexity index is 355. The molecule has 1 aromatic rings. The summed E-state index contributed by atoms with van der Waals surface area (Å²) in [5.41, 5.74) is 1.23. The Labute approximate surface area is 83.8 Å². The molecule has 0 aromatic heterocycles. The molecule has 0 spiro atoms. The Hall–Kier alpha value is -1.18. The van der Waals surface area contributed by atoms with Crippen molar-refractivity contribution in [1.82, 2.24) is 0 Å². The predicted molar refractivity (Wildman–Crippen MR) is 53.8 cm³/mol. The molecule has 1 aliphatic heterocycles. The zero-order chi connectivity index (χ0) is 9.54. The maximum atomic E-state index is 5.91. The largest absolute Gasteiger partial charge is 0.486 e. The molecule has 0 bridgehead atoms. The van der Waals surface area contributed by atoms with Crippen LogP contribution in [0.25, 0.3) is 0 Å². The summed E-state index contributed by atoms with van der Waals surface area (Å²) in [4.78, 5) is 0. The minimum absolute atomic E-state index is 0.296. The monoisotopic (exact) mass is 190 g/mol. The van der Waals surface area contributed by atoms with Gasteiger partial charge in [-0.3, -0.25) is 0 Å². The molecule has 0 amide bonds. The molecule has 3 rings (SSSR count). The second-order valence-electron chi connectivity index (χ2n) is 4.25. The van der Waals surface area contributed by atoms with E-state index in [1.807, 2.05) is 6.07 Å². The highest BCUT2D eigenvalue weighted by atomic mass is 16.6. The van der Waals surface area contributed by atoms with Gasteiger partial charge in [-0.2, -0.15) is 0 Å². The van der Waals surface area contributed by atoms with Crippen LogP contribution in [0.3, 0.4) is 0 Å². The van der Waals surface area contributed by atoms with E-state index in [4.69, 9.17) is 9.47 Å². The number of rotatable bonds is 1. The van der Waals surface area contributed by atoms with Crippen LogP contribution in [0.5, 0.6) is 11.5 Å². The summed E-state index contributed by atoms with van der Waals surface area (Å²) < 4.78 is 11.6. The Morgan fingerprint density at radius 3 is 2.86 bits per heavy atom. The van der Waals surface area contributed by atoms with Crippen molar-refractivity contribution in [2.45, 2.75) is 25.9 Å². The van der Waals surface area contributed by atoms with Crippen LogP contribution in [0.2, 0.25) is 0 Å². The molecular weight excluding hydrogens is 176 g/mol. The average Bonchev–Trinajstić information content (AvgIpc) is 3.00. The maximum absolute atomic E-state index is 5.91. The van der Waals surface area contributed by atoms with Crippen molar-refractivity contribution >= 4 is 0 Å². The van der Waals surface area contributed by atoms with E-state index in [1.165, 1.54) is 18.4 Å². The number of hydrogen-bond acceptors (Lipinski definition) is 2. The Kier molecular flexibility index (Phi) is 1.69. The normalized spacial score (nSPS) is 24.8. The molecule has 1 atom stereocenters. The molecular formula is C12H14O2. The first-order valence-corrected chi connectivity index (χ1v) is 5.23. The third kappa shape index (κ3) is 1.35. The molecule has 0 saturated heterocycles. The van der Waals surface area contributed by atoms with Gasteiger partial charge >= 0.3 is 0 Å². The highest BCUT2D eigenvalue weighted by Gasteiger charge is 2.36. The highest BCUT2D eigenvalue weighted by Crippen LogP contribution is 2.40. The molecule has 1 saturated carbocycles. The van der Waals surface area contributed by atoms with E-state index in [2.05, 4.69) is 19.1 Å². The molecule has 1 heterocycles. The average molecular weight is 190 g/mol.